The molecule has 1 unspecified atom stereocenters. The predicted octanol–water partition coefficient (Wildman–Crippen LogP) is 3.30. The lowest BCUT2D eigenvalue weighted by Crippen LogP contribution is -2.29. The molecule has 0 aliphatic rings. The number of benzene rings is 1. The van der Waals surface area contributed by atoms with Crippen LogP contribution in [0.4, 0.5) is 13.2 Å². The van der Waals surface area contributed by atoms with Gasteiger partial charge in [0.25, 0.3) is 0 Å². The Morgan fingerprint density at radius 3 is 2.56 bits per heavy atom. The standard InChI is InChI=1S/C10H12BrF3N2/c11-8-3-1-2-7(6-8)9(16-15)4-5-10(12,13)14/h1-3,6,9,16H,4-5,15H2. The first-order valence-electron chi connectivity index (χ1n) is 4.71. The van der Waals surface area contributed by atoms with Crippen LogP contribution >= 0.6 is 15.9 Å². The summed E-state index contributed by atoms with van der Waals surface area (Å²) in [6, 6.07) is 6.57. The van der Waals surface area contributed by atoms with Gasteiger partial charge in [0.2, 0.25) is 0 Å². The fourth-order valence-corrected chi connectivity index (χ4v) is 1.79. The van der Waals surface area contributed by atoms with Gasteiger partial charge in [0.05, 0.1) is 0 Å². The molecule has 16 heavy (non-hydrogen) atoms. The Morgan fingerprint density at radius 1 is 1.38 bits per heavy atom. The Bertz CT molecular complexity index is 341. The zero-order valence-electron chi connectivity index (χ0n) is 8.39. The van der Waals surface area contributed by atoms with Gasteiger partial charge in [0, 0.05) is 16.9 Å². The molecule has 0 aliphatic heterocycles. The second kappa shape index (κ2) is 5.65. The predicted molar refractivity (Wildman–Crippen MR) is 59.5 cm³/mol. The molecule has 3 N–H and O–H groups in total. The quantitative estimate of drug-likeness (QED) is 0.661. The molecule has 1 atom stereocenters. The third-order valence-corrected chi connectivity index (χ3v) is 2.66. The van der Waals surface area contributed by atoms with E-state index >= 15 is 0 Å². The number of hydrazine groups is 1. The van der Waals surface area contributed by atoms with E-state index in [1.54, 1.807) is 24.3 Å². The minimum Gasteiger partial charge on any atom is -0.271 e. The molecule has 0 bridgehead atoms. The van der Waals surface area contributed by atoms with Gasteiger partial charge in [-0.2, -0.15) is 13.2 Å². The van der Waals surface area contributed by atoms with Crippen LogP contribution in [0, 0.1) is 0 Å². The topological polar surface area (TPSA) is 38.0 Å². The van der Waals surface area contributed by atoms with Crippen molar-refractivity contribution in [2.75, 3.05) is 0 Å². The van der Waals surface area contributed by atoms with E-state index in [0.717, 1.165) is 10.0 Å². The number of alkyl halides is 3. The van der Waals surface area contributed by atoms with Gasteiger partial charge in [-0.05, 0) is 24.1 Å². The van der Waals surface area contributed by atoms with Crippen LogP contribution in [0.2, 0.25) is 0 Å². The Hall–Kier alpha value is -0.590. The molecule has 1 rings (SSSR count). The summed E-state index contributed by atoms with van der Waals surface area (Å²) in [4.78, 5) is 0. The number of rotatable bonds is 4. The van der Waals surface area contributed by atoms with Crippen LogP contribution in [0.5, 0.6) is 0 Å². The van der Waals surface area contributed by atoms with Crippen LogP contribution in [0.25, 0.3) is 0 Å². The smallest absolute Gasteiger partial charge is 0.271 e. The van der Waals surface area contributed by atoms with Crippen molar-refractivity contribution >= 4 is 15.9 Å². The number of hydrogen-bond donors (Lipinski definition) is 2. The SMILES string of the molecule is NNC(CCC(F)(F)F)c1cccc(Br)c1. The van der Waals surface area contributed by atoms with Gasteiger partial charge < -0.3 is 0 Å². The molecule has 1 aromatic rings. The molecule has 1 aromatic carbocycles. The maximum atomic E-state index is 12.1. The molecule has 0 saturated heterocycles. The normalized spacial score (nSPS) is 13.8. The first-order chi connectivity index (χ1) is 7.42. The van der Waals surface area contributed by atoms with Gasteiger partial charge in [-0.1, -0.05) is 28.1 Å². The first kappa shape index (κ1) is 13.5. The van der Waals surface area contributed by atoms with Crippen molar-refractivity contribution in [2.24, 2.45) is 5.84 Å². The summed E-state index contributed by atoms with van der Waals surface area (Å²) in [6.45, 7) is 0. The van der Waals surface area contributed by atoms with E-state index in [9.17, 15) is 13.2 Å². The van der Waals surface area contributed by atoms with Crippen molar-refractivity contribution in [1.82, 2.24) is 5.43 Å². The zero-order chi connectivity index (χ0) is 12.2. The third kappa shape index (κ3) is 4.51. The number of nitrogens with two attached hydrogens (primary N) is 1. The molecule has 0 radical (unpaired) electrons. The van der Waals surface area contributed by atoms with E-state index in [1.165, 1.54) is 0 Å². The maximum absolute atomic E-state index is 12.1. The number of hydrogen-bond acceptors (Lipinski definition) is 2. The van der Waals surface area contributed by atoms with E-state index in [4.69, 9.17) is 5.84 Å². The molecule has 0 aromatic heterocycles. The highest BCUT2D eigenvalue weighted by atomic mass is 79.9. The summed E-state index contributed by atoms with van der Waals surface area (Å²) < 4.78 is 37.0. The highest BCUT2D eigenvalue weighted by molar-refractivity contribution is 9.10. The minimum atomic E-state index is -4.15. The second-order valence-corrected chi connectivity index (χ2v) is 4.34. The molecule has 0 fully saturated rings. The molecular formula is C10H12BrF3N2. The highest BCUT2D eigenvalue weighted by Crippen LogP contribution is 2.28. The van der Waals surface area contributed by atoms with E-state index in [1.807, 2.05) is 0 Å². The zero-order valence-corrected chi connectivity index (χ0v) is 9.98. The van der Waals surface area contributed by atoms with E-state index in [-0.39, 0.29) is 6.42 Å². The molecule has 6 heteroatoms. The maximum Gasteiger partial charge on any atom is 0.389 e. The molecule has 90 valence electrons. The van der Waals surface area contributed by atoms with Crippen molar-refractivity contribution in [1.29, 1.82) is 0 Å². The van der Waals surface area contributed by atoms with Crippen molar-refractivity contribution < 1.29 is 13.2 Å². The summed E-state index contributed by atoms with van der Waals surface area (Å²) in [7, 11) is 0. The number of nitrogens with one attached hydrogen (secondary N) is 1. The lowest BCUT2D eigenvalue weighted by atomic mass is 10.0. The summed E-state index contributed by atoms with van der Waals surface area (Å²) in [5.41, 5.74) is 3.13. The van der Waals surface area contributed by atoms with E-state index < -0.39 is 18.6 Å². The van der Waals surface area contributed by atoms with Crippen LogP contribution in [0.15, 0.2) is 28.7 Å². The molecule has 0 saturated carbocycles. The van der Waals surface area contributed by atoms with Crippen LogP contribution in [0.1, 0.15) is 24.4 Å². The minimum absolute atomic E-state index is 0.0730. The largest absolute Gasteiger partial charge is 0.389 e. The van der Waals surface area contributed by atoms with Crippen LogP contribution in [-0.4, -0.2) is 6.18 Å². The van der Waals surface area contributed by atoms with E-state index in [2.05, 4.69) is 21.4 Å². The van der Waals surface area contributed by atoms with Crippen molar-refractivity contribution in [3.05, 3.63) is 34.3 Å². The summed E-state index contributed by atoms with van der Waals surface area (Å²) in [6.07, 6.45) is -5.08. The summed E-state index contributed by atoms with van der Waals surface area (Å²) in [5.74, 6) is 5.25. The molecule has 0 aliphatic carbocycles. The Morgan fingerprint density at radius 2 is 2.06 bits per heavy atom. The van der Waals surface area contributed by atoms with Crippen molar-refractivity contribution in [2.45, 2.75) is 25.1 Å². The van der Waals surface area contributed by atoms with Crippen LogP contribution in [0.3, 0.4) is 0 Å². The molecule has 0 amide bonds. The Labute approximate surface area is 100 Å². The molecule has 0 spiro atoms. The number of halogens is 4. The summed E-state index contributed by atoms with van der Waals surface area (Å²) >= 11 is 3.26. The van der Waals surface area contributed by atoms with Gasteiger partial charge in [0.1, 0.15) is 0 Å². The molecule has 0 heterocycles. The summed E-state index contributed by atoms with van der Waals surface area (Å²) in [5, 5.41) is 0. The Kier molecular flexibility index (Phi) is 4.76. The van der Waals surface area contributed by atoms with Gasteiger partial charge in [-0.25, -0.2) is 0 Å². The van der Waals surface area contributed by atoms with Gasteiger partial charge in [-0.3, -0.25) is 11.3 Å². The van der Waals surface area contributed by atoms with Crippen molar-refractivity contribution in [3.63, 3.8) is 0 Å². The second-order valence-electron chi connectivity index (χ2n) is 3.43. The van der Waals surface area contributed by atoms with Gasteiger partial charge in [0.15, 0.2) is 0 Å². The monoisotopic (exact) mass is 296 g/mol. The van der Waals surface area contributed by atoms with E-state index in [0.29, 0.717) is 0 Å². The van der Waals surface area contributed by atoms with Crippen LogP contribution in [-0.2, 0) is 0 Å². The first-order valence-corrected chi connectivity index (χ1v) is 5.50. The van der Waals surface area contributed by atoms with Gasteiger partial charge >= 0.3 is 6.18 Å². The third-order valence-electron chi connectivity index (χ3n) is 2.17. The molecule has 2 nitrogen and oxygen atoms in total. The fraction of sp³-hybridized carbons (Fsp3) is 0.400. The molecular weight excluding hydrogens is 285 g/mol. The Balaban J connectivity index is 2.68. The van der Waals surface area contributed by atoms with Crippen LogP contribution < -0.4 is 11.3 Å². The highest BCUT2D eigenvalue weighted by Gasteiger charge is 2.28. The fourth-order valence-electron chi connectivity index (χ4n) is 1.38. The average molecular weight is 297 g/mol. The lowest BCUT2D eigenvalue weighted by molar-refractivity contribution is -0.136. The lowest BCUT2D eigenvalue weighted by Gasteiger charge is -2.17. The van der Waals surface area contributed by atoms with Crippen molar-refractivity contribution in [3.8, 4) is 0 Å². The average Bonchev–Trinajstić information content (AvgIpc) is 2.17. The van der Waals surface area contributed by atoms with Gasteiger partial charge in [-0.15, -0.1) is 0 Å².